The van der Waals surface area contributed by atoms with E-state index in [-0.39, 0.29) is 23.9 Å². The van der Waals surface area contributed by atoms with Crippen molar-refractivity contribution in [3.8, 4) is 0 Å². The number of benzene rings is 1. The zero-order chi connectivity index (χ0) is 14.4. The number of likely N-dealkylation sites (N-methyl/N-ethyl adjacent to an activating group) is 1. The molecule has 0 radical (unpaired) electrons. The molecule has 3 unspecified atom stereocenters. The highest BCUT2D eigenvalue weighted by Gasteiger charge is 2.24. The Morgan fingerprint density at radius 1 is 1.32 bits per heavy atom. The zero-order valence-corrected chi connectivity index (χ0v) is 12.3. The van der Waals surface area contributed by atoms with Gasteiger partial charge in [0.15, 0.2) is 0 Å². The molecule has 0 spiro atoms. The SMILES string of the molecule is CNC(=O)C(C)CN(C)C(c1ccccc1)C(C)N. The molecule has 3 N–H and O–H groups in total. The Kier molecular flexibility index (Phi) is 5.99. The van der Waals surface area contributed by atoms with Crippen LogP contribution < -0.4 is 11.1 Å². The van der Waals surface area contributed by atoms with E-state index < -0.39 is 0 Å². The van der Waals surface area contributed by atoms with Crippen LogP contribution in [0.5, 0.6) is 0 Å². The first-order valence-corrected chi connectivity index (χ1v) is 6.69. The van der Waals surface area contributed by atoms with E-state index in [0.29, 0.717) is 6.54 Å². The highest BCUT2D eigenvalue weighted by molar-refractivity contribution is 5.78. The van der Waals surface area contributed by atoms with Crippen LogP contribution in [0.3, 0.4) is 0 Å². The number of rotatable bonds is 6. The molecule has 106 valence electrons. The number of nitrogens with zero attached hydrogens (tertiary/aromatic N) is 1. The molecule has 0 aliphatic heterocycles. The van der Waals surface area contributed by atoms with Gasteiger partial charge < -0.3 is 11.1 Å². The van der Waals surface area contributed by atoms with Crippen LogP contribution in [0.25, 0.3) is 0 Å². The summed E-state index contributed by atoms with van der Waals surface area (Å²) in [5.74, 6) is 0.00305. The second-order valence-electron chi connectivity index (χ2n) is 5.17. The van der Waals surface area contributed by atoms with Gasteiger partial charge in [0.2, 0.25) is 5.91 Å². The molecule has 19 heavy (non-hydrogen) atoms. The maximum atomic E-state index is 11.6. The predicted octanol–water partition coefficient (Wildman–Crippen LogP) is 1.39. The largest absolute Gasteiger partial charge is 0.359 e. The van der Waals surface area contributed by atoms with E-state index in [1.54, 1.807) is 7.05 Å². The lowest BCUT2D eigenvalue weighted by molar-refractivity contribution is -0.124. The first-order valence-electron chi connectivity index (χ1n) is 6.69. The number of hydrogen-bond acceptors (Lipinski definition) is 3. The van der Waals surface area contributed by atoms with Crippen molar-refractivity contribution in [2.24, 2.45) is 11.7 Å². The molecule has 0 saturated carbocycles. The summed E-state index contributed by atoms with van der Waals surface area (Å²) >= 11 is 0. The van der Waals surface area contributed by atoms with E-state index in [1.807, 2.05) is 39.1 Å². The topological polar surface area (TPSA) is 58.4 Å². The molecule has 4 heteroatoms. The van der Waals surface area contributed by atoms with Crippen molar-refractivity contribution in [3.05, 3.63) is 35.9 Å². The van der Waals surface area contributed by atoms with Gasteiger partial charge in [-0.3, -0.25) is 9.69 Å². The van der Waals surface area contributed by atoms with Gasteiger partial charge in [-0.05, 0) is 19.5 Å². The van der Waals surface area contributed by atoms with Crippen molar-refractivity contribution in [2.45, 2.75) is 25.9 Å². The van der Waals surface area contributed by atoms with E-state index in [1.165, 1.54) is 5.56 Å². The third-order valence-electron chi connectivity index (χ3n) is 3.37. The van der Waals surface area contributed by atoms with Crippen molar-refractivity contribution >= 4 is 5.91 Å². The Morgan fingerprint density at radius 3 is 2.37 bits per heavy atom. The second kappa shape index (κ2) is 7.26. The minimum atomic E-state index is -0.0556. The molecule has 0 aromatic heterocycles. The van der Waals surface area contributed by atoms with Gasteiger partial charge in [0, 0.05) is 31.6 Å². The van der Waals surface area contributed by atoms with Crippen LogP contribution >= 0.6 is 0 Å². The van der Waals surface area contributed by atoms with Gasteiger partial charge in [-0.15, -0.1) is 0 Å². The number of nitrogens with two attached hydrogens (primary N) is 1. The lowest BCUT2D eigenvalue weighted by atomic mass is 9.98. The summed E-state index contributed by atoms with van der Waals surface area (Å²) < 4.78 is 0. The number of amides is 1. The molecule has 0 saturated heterocycles. The average Bonchev–Trinajstić information content (AvgIpc) is 2.38. The molecule has 1 aromatic carbocycles. The molecule has 1 amide bonds. The highest BCUT2D eigenvalue weighted by atomic mass is 16.1. The average molecular weight is 263 g/mol. The number of nitrogens with one attached hydrogen (secondary N) is 1. The summed E-state index contributed by atoms with van der Waals surface area (Å²) in [5, 5.41) is 2.68. The summed E-state index contributed by atoms with van der Waals surface area (Å²) in [4.78, 5) is 13.8. The van der Waals surface area contributed by atoms with Crippen molar-refractivity contribution in [1.29, 1.82) is 0 Å². The van der Waals surface area contributed by atoms with E-state index in [9.17, 15) is 4.79 Å². The monoisotopic (exact) mass is 263 g/mol. The van der Waals surface area contributed by atoms with Gasteiger partial charge in [0.1, 0.15) is 0 Å². The molecule has 1 rings (SSSR count). The maximum absolute atomic E-state index is 11.6. The Hall–Kier alpha value is -1.39. The summed E-state index contributed by atoms with van der Waals surface area (Å²) in [7, 11) is 3.68. The Labute approximate surface area is 116 Å². The molecule has 3 atom stereocenters. The van der Waals surface area contributed by atoms with Crippen LogP contribution in [0.2, 0.25) is 0 Å². The van der Waals surface area contributed by atoms with Crippen LogP contribution in [-0.2, 0) is 4.79 Å². The molecule has 0 fully saturated rings. The summed E-state index contributed by atoms with van der Waals surface area (Å²) in [6.07, 6.45) is 0. The summed E-state index contributed by atoms with van der Waals surface area (Å²) in [5.41, 5.74) is 7.30. The molecule has 0 aliphatic carbocycles. The van der Waals surface area contributed by atoms with Crippen molar-refractivity contribution in [2.75, 3.05) is 20.6 Å². The third-order valence-corrected chi connectivity index (χ3v) is 3.37. The van der Waals surface area contributed by atoms with Gasteiger partial charge in [-0.1, -0.05) is 37.3 Å². The second-order valence-corrected chi connectivity index (χ2v) is 5.17. The molecule has 4 nitrogen and oxygen atoms in total. The minimum absolute atomic E-state index is 0.00397. The number of carbonyl (C=O) groups excluding carboxylic acids is 1. The van der Waals surface area contributed by atoms with Crippen molar-refractivity contribution in [1.82, 2.24) is 10.2 Å². The zero-order valence-electron chi connectivity index (χ0n) is 12.3. The van der Waals surface area contributed by atoms with Crippen molar-refractivity contribution in [3.63, 3.8) is 0 Å². The Bertz CT molecular complexity index is 392. The van der Waals surface area contributed by atoms with E-state index in [4.69, 9.17) is 5.73 Å². The fourth-order valence-electron chi connectivity index (χ4n) is 2.48. The van der Waals surface area contributed by atoms with Crippen LogP contribution in [0.15, 0.2) is 30.3 Å². The third kappa shape index (κ3) is 4.33. The summed E-state index contributed by atoms with van der Waals surface area (Å²) in [6.45, 7) is 4.61. The van der Waals surface area contributed by atoms with Gasteiger partial charge in [0.25, 0.3) is 0 Å². The molecular formula is C15H25N3O. The van der Waals surface area contributed by atoms with Gasteiger partial charge in [0.05, 0.1) is 0 Å². The highest BCUT2D eigenvalue weighted by Crippen LogP contribution is 2.22. The lowest BCUT2D eigenvalue weighted by Crippen LogP contribution is -2.41. The molecule has 0 heterocycles. The van der Waals surface area contributed by atoms with Gasteiger partial charge in [-0.25, -0.2) is 0 Å². The van der Waals surface area contributed by atoms with Gasteiger partial charge in [-0.2, -0.15) is 0 Å². The van der Waals surface area contributed by atoms with Crippen LogP contribution in [0, 0.1) is 5.92 Å². The fourth-order valence-corrected chi connectivity index (χ4v) is 2.48. The van der Waals surface area contributed by atoms with Crippen LogP contribution in [-0.4, -0.2) is 37.5 Å². The molecular weight excluding hydrogens is 238 g/mol. The van der Waals surface area contributed by atoms with Crippen molar-refractivity contribution < 1.29 is 4.79 Å². The maximum Gasteiger partial charge on any atom is 0.223 e. The number of hydrogen-bond donors (Lipinski definition) is 2. The Balaban J connectivity index is 2.80. The normalized spacial score (nSPS) is 15.9. The van der Waals surface area contributed by atoms with E-state index >= 15 is 0 Å². The predicted molar refractivity (Wildman–Crippen MR) is 78.7 cm³/mol. The molecule has 0 bridgehead atoms. The summed E-state index contributed by atoms with van der Waals surface area (Å²) in [6, 6.07) is 10.3. The van der Waals surface area contributed by atoms with Crippen LogP contribution in [0.1, 0.15) is 25.5 Å². The molecule has 1 aromatic rings. The van der Waals surface area contributed by atoms with E-state index in [0.717, 1.165) is 0 Å². The first-order chi connectivity index (χ1) is 8.97. The minimum Gasteiger partial charge on any atom is -0.359 e. The Morgan fingerprint density at radius 2 is 1.89 bits per heavy atom. The molecule has 0 aliphatic rings. The number of carbonyl (C=O) groups is 1. The van der Waals surface area contributed by atoms with Gasteiger partial charge >= 0.3 is 0 Å². The van der Waals surface area contributed by atoms with E-state index in [2.05, 4.69) is 22.3 Å². The lowest BCUT2D eigenvalue weighted by Gasteiger charge is -2.33. The first kappa shape index (κ1) is 15.7. The quantitative estimate of drug-likeness (QED) is 0.815. The standard InChI is InChI=1S/C15H25N3O/c1-11(15(19)17-3)10-18(4)14(12(2)16)13-8-6-5-7-9-13/h5-9,11-12,14H,10,16H2,1-4H3,(H,17,19). The van der Waals surface area contributed by atoms with Crippen LogP contribution in [0.4, 0.5) is 0 Å². The fraction of sp³-hybridized carbons (Fsp3) is 0.533. The smallest absolute Gasteiger partial charge is 0.223 e.